The summed E-state index contributed by atoms with van der Waals surface area (Å²) >= 11 is 1.63. The SMILES string of the molecule is c1csc(-c2nnc(CN3C[C@@H]4CCCN[C@@H]4C3)o2)c1. The van der Waals surface area contributed by atoms with E-state index in [9.17, 15) is 0 Å². The van der Waals surface area contributed by atoms with Crippen molar-refractivity contribution in [2.75, 3.05) is 19.6 Å². The summed E-state index contributed by atoms with van der Waals surface area (Å²) in [6.07, 6.45) is 2.65. The predicted octanol–water partition coefficient (Wildman–Crippen LogP) is 1.98. The molecule has 0 spiro atoms. The molecular weight excluding hydrogens is 272 g/mol. The molecule has 0 amide bonds. The number of rotatable bonds is 3. The summed E-state index contributed by atoms with van der Waals surface area (Å²) in [4.78, 5) is 3.47. The number of nitrogens with one attached hydrogen (secondary N) is 1. The van der Waals surface area contributed by atoms with Crippen molar-refractivity contribution in [1.82, 2.24) is 20.4 Å². The number of hydrogen-bond acceptors (Lipinski definition) is 6. The monoisotopic (exact) mass is 290 g/mol. The van der Waals surface area contributed by atoms with Gasteiger partial charge in [-0.25, -0.2) is 0 Å². The molecule has 2 saturated heterocycles. The summed E-state index contributed by atoms with van der Waals surface area (Å²) in [6, 6.07) is 4.67. The molecule has 0 radical (unpaired) electrons. The van der Waals surface area contributed by atoms with Crippen LogP contribution in [0.1, 0.15) is 18.7 Å². The lowest BCUT2D eigenvalue weighted by atomic mass is 9.94. The van der Waals surface area contributed by atoms with Crippen LogP contribution in [0.5, 0.6) is 0 Å². The van der Waals surface area contributed by atoms with Crippen molar-refractivity contribution < 1.29 is 4.42 Å². The highest BCUT2D eigenvalue weighted by molar-refractivity contribution is 7.13. The van der Waals surface area contributed by atoms with E-state index in [1.54, 1.807) is 11.3 Å². The molecule has 2 fully saturated rings. The second-order valence-electron chi connectivity index (χ2n) is 5.64. The summed E-state index contributed by atoms with van der Waals surface area (Å²) in [5, 5.41) is 14.0. The molecule has 4 heterocycles. The third kappa shape index (κ3) is 2.39. The normalized spacial score (nSPS) is 26.8. The first-order chi connectivity index (χ1) is 9.88. The largest absolute Gasteiger partial charge is 0.419 e. The Kier molecular flexibility index (Phi) is 3.29. The smallest absolute Gasteiger partial charge is 0.257 e. The second kappa shape index (κ2) is 5.27. The average molecular weight is 290 g/mol. The molecule has 0 unspecified atom stereocenters. The number of nitrogens with zero attached hydrogens (tertiary/aromatic N) is 3. The Morgan fingerprint density at radius 2 is 2.40 bits per heavy atom. The zero-order valence-electron chi connectivity index (χ0n) is 11.3. The maximum atomic E-state index is 5.77. The first-order valence-corrected chi connectivity index (χ1v) is 8.08. The van der Waals surface area contributed by atoms with Gasteiger partial charge in [-0.3, -0.25) is 4.90 Å². The minimum Gasteiger partial charge on any atom is -0.419 e. The zero-order valence-corrected chi connectivity index (χ0v) is 12.1. The average Bonchev–Trinajstić information content (AvgIpc) is 3.18. The fraction of sp³-hybridized carbons (Fsp3) is 0.571. The molecule has 0 saturated carbocycles. The van der Waals surface area contributed by atoms with Crippen LogP contribution < -0.4 is 5.32 Å². The van der Waals surface area contributed by atoms with E-state index in [0.29, 0.717) is 11.9 Å². The Labute approximate surface area is 122 Å². The van der Waals surface area contributed by atoms with Gasteiger partial charge in [0.15, 0.2) is 0 Å². The van der Waals surface area contributed by atoms with Gasteiger partial charge in [0.1, 0.15) is 0 Å². The number of piperidine rings is 1. The molecular formula is C14H18N4OS. The zero-order chi connectivity index (χ0) is 13.4. The van der Waals surface area contributed by atoms with Crippen LogP contribution in [0.4, 0.5) is 0 Å². The van der Waals surface area contributed by atoms with Crippen molar-refractivity contribution in [3.63, 3.8) is 0 Å². The molecule has 2 atom stereocenters. The van der Waals surface area contributed by atoms with Gasteiger partial charge in [-0.05, 0) is 36.8 Å². The van der Waals surface area contributed by atoms with Crippen LogP contribution in [0.2, 0.25) is 0 Å². The fourth-order valence-electron chi connectivity index (χ4n) is 3.27. The van der Waals surface area contributed by atoms with Crippen molar-refractivity contribution in [3.05, 3.63) is 23.4 Å². The van der Waals surface area contributed by atoms with Gasteiger partial charge in [-0.1, -0.05) is 6.07 Å². The molecule has 2 aromatic rings. The van der Waals surface area contributed by atoms with Crippen molar-refractivity contribution >= 4 is 11.3 Å². The van der Waals surface area contributed by atoms with Crippen LogP contribution in [-0.2, 0) is 6.54 Å². The van der Waals surface area contributed by atoms with E-state index in [0.717, 1.165) is 42.9 Å². The Morgan fingerprint density at radius 1 is 1.40 bits per heavy atom. The molecule has 5 nitrogen and oxygen atoms in total. The van der Waals surface area contributed by atoms with Crippen LogP contribution >= 0.6 is 11.3 Å². The number of aromatic nitrogens is 2. The van der Waals surface area contributed by atoms with E-state index >= 15 is 0 Å². The number of hydrogen-bond donors (Lipinski definition) is 1. The maximum absolute atomic E-state index is 5.77. The van der Waals surface area contributed by atoms with Crippen LogP contribution in [0, 0.1) is 5.92 Å². The Hall–Kier alpha value is -1.24. The topological polar surface area (TPSA) is 54.2 Å². The molecule has 6 heteroatoms. The summed E-state index contributed by atoms with van der Waals surface area (Å²) in [7, 11) is 0. The highest BCUT2D eigenvalue weighted by Gasteiger charge is 2.34. The number of thiophene rings is 1. The Bertz CT molecular complexity index is 554. The standard InChI is InChI=1S/C14H18N4OS/c1-3-10-7-18(8-11(10)15-5-1)9-13-16-17-14(19-13)12-4-2-6-20-12/h2,4,6,10-11,15H,1,3,5,7-9H2/t10-,11+/m0/s1. The van der Waals surface area contributed by atoms with Crippen molar-refractivity contribution in [3.8, 4) is 10.8 Å². The fourth-order valence-corrected chi connectivity index (χ4v) is 3.92. The summed E-state index contributed by atoms with van der Waals surface area (Å²) in [5.41, 5.74) is 0. The van der Waals surface area contributed by atoms with Crippen LogP contribution in [-0.4, -0.2) is 40.8 Å². The first kappa shape index (κ1) is 12.5. The second-order valence-corrected chi connectivity index (χ2v) is 6.58. The van der Waals surface area contributed by atoms with E-state index < -0.39 is 0 Å². The van der Waals surface area contributed by atoms with Gasteiger partial charge in [0.05, 0.1) is 11.4 Å². The lowest BCUT2D eigenvalue weighted by Crippen LogP contribution is -2.40. The van der Waals surface area contributed by atoms with E-state index in [2.05, 4.69) is 20.4 Å². The van der Waals surface area contributed by atoms with Gasteiger partial charge in [-0.2, -0.15) is 0 Å². The predicted molar refractivity (Wildman–Crippen MR) is 77.4 cm³/mol. The Morgan fingerprint density at radius 3 is 3.25 bits per heavy atom. The number of fused-ring (bicyclic) bond motifs is 1. The lowest BCUT2D eigenvalue weighted by Gasteiger charge is -2.24. The molecule has 0 aromatic carbocycles. The first-order valence-electron chi connectivity index (χ1n) is 7.20. The molecule has 20 heavy (non-hydrogen) atoms. The number of likely N-dealkylation sites (tertiary alicyclic amines) is 1. The third-order valence-electron chi connectivity index (χ3n) is 4.23. The highest BCUT2D eigenvalue weighted by Crippen LogP contribution is 2.27. The van der Waals surface area contributed by atoms with Crippen LogP contribution in [0.15, 0.2) is 21.9 Å². The molecule has 1 N–H and O–H groups in total. The van der Waals surface area contributed by atoms with Gasteiger partial charge in [0.2, 0.25) is 5.89 Å². The molecule has 0 aliphatic carbocycles. The van der Waals surface area contributed by atoms with Crippen molar-refractivity contribution in [2.45, 2.75) is 25.4 Å². The highest BCUT2D eigenvalue weighted by atomic mass is 32.1. The molecule has 106 valence electrons. The van der Waals surface area contributed by atoms with Crippen molar-refractivity contribution in [1.29, 1.82) is 0 Å². The van der Waals surface area contributed by atoms with Crippen molar-refractivity contribution in [2.24, 2.45) is 5.92 Å². The molecule has 0 bridgehead atoms. The van der Waals surface area contributed by atoms with E-state index in [1.165, 1.54) is 12.8 Å². The van der Waals surface area contributed by atoms with E-state index in [4.69, 9.17) is 4.42 Å². The molecule has 2 aliphatic rings. The minimum atomic E-state index is 0.643. The van der Waals surface area contributed by atoms with E-state index in [-0.39, 0.29) is 0 Å². The van der Waals surface area contributed by atoms with Gasteiger partial charge in [0.25, 0.3) is 5.89 Å². The molecule has 4 rings (SSSR count). The molecule has 2 aromatic heterocycles. The third-order valence-corrected chi connectivity index (χ3v) is 5.09. The maximum Gasteiger partial charge on any atom is 0.257 e. The molecule has 2 aliphatic heterocycles. The van der Waals surface area contributed by atoms with Gasteiger partial charge in [0, 0.05) is 19.1 Å². The Balaban J connectivity index is 1.42. The van der Waals surface area contributed by atoms with Crippen LogP contribution in [0.3, 0.4) is 0 Å². The van der Waals surface area contributed by atoms with E-state index in [1.807, 2.05) is 17.5 Å². The summed E-state index contributed by atoms with van der Waals surface area (Å²) < 4.78 is 5.77. The lowest BCUT2D eigenvalue weighted by molar-refractivity contribution is 0.280. The summed E-state index contributed by atoms with van der Waals surface area (Å²) in [5.74, 6) is 2.17. The minimum absolute atomic E-state index is 0.643. The van der Waals surface area contributed by atoms with Gasteiger partial charge >= 0.3 is 0 Å². The van der Waals surface area contributed by atoms with Gasteiger partial charge < -0.3 is 9.73 Å². The summed E-state index contributed by atoms with van der Waals surface area (Å²) in [6.45, 7) is 4.18. The van der Waals surface area contributed by atoms with Crippen LogP contribution in [0.25, 0.3) is 10.8 Å². The van der Waals surface area contributed by atoms with Gasteiger partial charge in [-0.15, -0.1) is 21.5 Å². The quantitative estimate of drug-likeness (QED) is 0.937.